The molecule has 0 aliphatic carbocycles. The van der Waals surface area contributed by atoms with Gasteiger partial charge in [-0.25, -0.2) is 4.67 Å². The van der Waals surface area contributed by atoms with E-state index in [1.165, 1.54) is 0 Å². The SMILES string of the molecule is CN(C)P(=O)(Nc1ccc(I)cc1)Nc1ccc(I)cc1. The van der Waals surface area contributed by atoms with E-state index >= 15 is 0 Å². The highest BCUT2D eigenvalue weighted by molar-refractivity contribution is 14.1. The van der Waals surface area contributed by atoms with Gasteiger partial charge in [0.2, 0.25) is 0 Å². The van der Waals surface area contributed by atoms with Gasteiger partial charge in [-0.15, -0.1) is 0 Å². The predicted octanol–water partition coefficient (Wildman–Crippen LogP) is 5.09. The van der Waals surface area contributed by atoms with Gasteiger partial charge in [-0.1, -0.05) is 0 Å². The topological polar surface area (TPSA) is 44.4 Å². The molecule has 0 saturated heterocycles. The Hall–Kier alpha value is -0.310. The molecule has 7 heteroatoms. The minimum absolute atomic E-state index is 0.825. The van der Waals surface area contributed by atoms with Crippen LogP contribution in [0.2, 0.25) is 0 Å². The van der Waals surface area contributed by atoms with Crippen molar-refractivity contribution in [1.82, 2.24) is 4.67 Å². The summed E-state index contributed by atoms with van der Waals surface area (Å²) in [7, 11) is 0.647. The molecule has 2 rings (SSSR count). The third-order valence-corrected chi connectivity index (χ3v) is 6.50. The Bertz CT molecular complexity index is 593. The van der Waals surface area contributed by atoms with Gasteiger partial charge in [-0.05, 0) is 108 Å². The number of hydrogen-bond donors (Lipinski definition) is 2. The van der Waals surface area contributed by atoms with Gasteiger partial charge in [-0.3, -0.25) is 4.57 Å². The fraction of sp³-hybridized carbons (Fsp3) is 0.143. The molecule has 0 fully saturated rings. The highest BCUT2D eigenvalue weighted by Crippen LogP contribution is 2.47. The van der Waals surface area contributed by atoms with Gasteiger partial charge in [0.1, 0.15) is 0 Å². The lowest BCUT2D eigenvalue weighted by Crippen LogP contribution is -2.20. The summed E-state index contributed by atoms with van der Waals surface area (Å²) in [6.45, 7) is 0. The Morgan fingerprint density at radius 3 is 1.43 bits per heavy atom. The van der Waals surface area contributed by atoms with Gasteiger partial charge in [0, 0.05) is 18.5 Å². The molecule has 0 heterocycles. The molecule has 0 amide bonds. The van der Waals surface area contributed by atoms with E-state index in [1.807, 2.05) is 48.5 Å². The molecule has 0 aliphatic heterocycles. The summed E-state index contributed by atoms with van der Waals surface area (Å²) >= 11 is 4.49. The standard InChI is InChI=1S/C14H16I2N3OP/c1-19(2)21(20,17-13-7-3-11(15)4-8-13)18-14-9-5-12(16)6-10-14/h3-10H,1-2H3,(H2,17,18,20). The summed E-state index contributed by atoms with van der Waals surface area (Å²) in [5, 5.41) is 6.22. The average Bonchev–Trinajstić information content (AvgIpc) is 2.44. The van der Waals surface area contributed by atoms with E-state index in [-0.39, 0.29) is 0 Å². The van der Waals surface area contributed by atoms with Gasteiger partial charge in [-0.2, -0.15) is 0 Å². The lowest BCUT2D eigenvalue weighted by Gasteiger charge is -2.27. The Morgan fingerprint density at radius 1 is 0.810 bits per heavy atom. The highest BCUT2D eigenvalue weighted by atomic mass is 127. The minimum atomic E-state index is -2.94. The zero-order valence-electron chi connectivity index (χ0n) is 11.7. The summed E-state index contributed by atoms with van der Waals surface area (Å²) < 4.78 is 17.1. The Kier molecular flexibility index (Phi) is 5.93. The molecule has 0 aromatic heterocycles. The van der Waals surface area contributed by atoms with E-state index in [0.29, 0.717) is 0 Å². The Morgan fingerprint density at radius 2 is 1.14 bits per heavy atom. The first kappa shape index (κ1) is 17.1. The lowest BCUT2D eigenvalue weighted by atomic mass is 10.3. The fourth-order valence-electron chi connectivity index (χ4n) is 1.63. The number of benzene rings is 2. The molecule has 2 N–H and O–H groups in total. The first-order valence-corrected chi connectivity index (χ1v) is 10.1. The number of halogens is 2. The molecule has 0 saturated carbocycles. The number of anilines is 2. The molecular formula is C14H16I2N3OP. The van der Waals surface area contributed by atoms with Gasteiger partial charge in [0.05, 0.1) is 0 Å². The van der Waals surface area contributed by atoms with Crippen LogP contribution in [0.1, 0.15) is 0 Å². The molecule has 0 unspecified atom stereocenters. The largest absolute Gasteiger partial charge is 0.330 e. The maximum absolute atomic E-state index is 13.1. The molecule has 2 aromatic carbocycles. The second kappa shape index (κ2) is 7.30. The van der Waals surface area contributed by atoms with Gasteiger partial charge < -0.3 is 10.2 Å². The normalized spacial score (nSPS) is 11.5. The average molecular weight is 527 g/mol. The smallest absolute Gasteiger partial charge is 0.308 e. The molecule has 2 aromatic rings. The van der Waals surface area contributed by atoms with Crippen molar-refractivity contribution in [2.45, 2.75) is 0 Å². The first-order chi connectivity index (χ1) is 9.89. The van der Waals surface area contributed by atoms with Crippen molar-refractivity contribution < 1.29 is 4.57 Å². The lowest BCUT2D eigenvalue weighted by molar-refractivity contribution is 0.524. The summed E-state index contributed by atoms with van der Waals surface area (Å²) in [6.07, 6.45) is 0. The van der Waals surface area contributed by atoms with E-state index in [1.54, 1.807) is 18.8 Å². The third-order valence-electron chi connectivity index (χ3n) is 2.81. The number of rotatable bonds is 5. The van der Waals surface area contributed by atoms with Crippen LogP contribution in [0.5, 0.6) is 0 Å². The van der Waals surface area contributed by atoms with Gasteiger partial charge >= 0.3 is 7.59 Å². The van der Waals surface area contributed by atoms with Crippen LogP contribution in [0.15, 0.2) is 48.5 Å². The van der Waals surface area contributed by atoms with Gasteiger partial charge in [0.25, 0.3) is 0 Å². The Balaban J connectivity index is 2.21. The van der Waals surface area contributed by atoms with E-state index in [2.05, 4.69) is 55.4 Å². The maximum atomic E-state index is 13.1. The van der Waals surface area contributed by atoms with Crippen LogP contribution in [0.4, 0.5) is 11.4 Å². The molecule has 0 bridgehead atoms. The van der Waals surface area contributed by atoms with E-state index in [0.717, 1.165) is 18.5 Å². The summed E-state index contributed by atoms with van der Waals surface area (Å²) in [6, 6.07) is 15.6. The predicted molar refractivity (Wildman–Crippen MR) is 107 cm³/mol. The van der Waals surface area contributed by atoms with Crippen molar-refractivity contribution in [3.8, 4) is 0 Å². The van der Waals surface area contributed by atoms with Crippen LogP contribution in [0.25, 0.3) is 0 Å². The van der Waals surface area contributed by atoms with E-state index < -0.39 is 7.59 Å². The van der Waals surface area contributed by atoms with Crippen molar-refractivity contribution >= 4 is 64.2 Å². The van der Waals surface area contributed by atoms with Crippen LogP contribution >= 0.6 is 52.8 Å². The van der Waals surface area contributed by atoms with Crippen LogP contribution < -0.4 is 10.2 Å². The fourth-order valence-corrected chi connectivity index (χ4v) is 3.80. The van der Waals surface area contributed by atoms with Crippen molar-refractivity contribution in [3.63, 3.8) is 0 Å². The zero-order chi connectivity index (χ0) is 15.5. The second-order valence-electron chi connectivity index (χ2n) is 4.66. The quantitative estimate of drug-likeness (QED) is 0.421. The van der Waals surface area contributed by atoms with Crippen molar-refractivity contribution in [3.05, 3.63) is 55.7 Å². The van der Waals surface area contributed by atoms with Crippen LogP contribution in [0, 0.1) is 7.14 Å². The number of nitrogens with one attached hydrogen (secondary N) is 2. The maximum Gasteiger partial charge on any atom is 0.330 e. The highest BCUT2D eigenvalue weighted by Gasteiger charge is 2.25. The van der Waals surface area contributed by atoms with E-state index in [9.17, 15) is 4.57 Å². The molecule has 4 nitrogen and oxygen atoms in total. The van der Waals surface area contributed by atoms with Crippen molar-refractivity contribution in [2.24, 2.45) is 0 Å². The molecule has 0 spiro atoms. The summed E-state index contributed by atoms with van der Waals surface area (Å²) in [5.41, 5.74) is 1.65. The molecular weight excluding hydrogens is 511 g/mol. The minimum Gasteiger partial charge on any atom is -0.308 e. The molecule has 0 aliphatic rings. The van der Waals surface area contributed by atoms with Crippen LogP contribution in [0.3, 0.4) is 0 Å². The number of nitrogens with zero attached hydrogens (tertiary/aromatic N) is 1. The summed E-state index contributed by atoms with van der Waals surface area (Å²) in [5.74, 6) is 0. The second-order valence-corrected chi connectivity index (χ2v) is 9.55. The zero-order valence-corrected chi connectivity index (χ0v) is 16.9. The monoisotopic (exact) mass is 527 g/mol. The van der Waals surface area contributed by atoms with Crippen molar-refractivity contribution in [1.29, 1.82) is 0 Å². The molecule has 21 heavy (non-hydrogen) atoms. The summed E-state index contributed by atoms with van der Waals surface area (Å²) in [4.78, 5) is 0. The molecule has 0 atom stereocenters. The third kappa shape index (κ3) is 4.84. The van der Waals surface area contributed by atoms with Crippen molar-refractivity contribution in [2.75, 3.05) is 24.3 Å². The van der Waals surface area contributed by atoms with E-state index in [4.69, 9.17) is 0 Å². The number of hydrogen-bond acceptors (Lipinski definition) is 1. The molecule has 0 radical (unpaired) electrons. The van der Waals surface area contributed by atoms with Crippen LogP contribution in [-0.2, 0) is 4.57 Å². The molecule has 112 valence electrons. The first-order valence-electron chi connectivity index (χ1n) is 6.24. The Labute approximate surface area is 152 Å². The van der Waals surface area contributed by atoms with Crippen LogP contribution in [-0.4, -0.2) is 18.8 Å². The van der Waals surface area contributed by atoms with Gasteiger partial charge in [0.15, 0.2) is 0 Å².